The standard InChI is InChI=1S/C11H19N3O2/c1-3-8(12)11-13-10(14-16-11)9(15-4-2)7-5-6-7/h7-9H,3-6,12H2,1-2H3/t8-,9?/m0/s1. The van der Waals surface area contributed by atoms with E-state index in [0.717, 1.165) is 6.42 Å². The minimum Gasteiger partial charge on any atom is -0.370 e. The molecule has 1 saturated carbocycles. The van der Waals surface area contributed by atoms with Gasteiger partial charge in [0.1, 0.15) is 6.10 Å². The fourth-order valence-electron chi connectivity index (χ4n) is 1.69. The molecule has 0 bridgehead atoms. The summed E-state index contributed by atoms with van der Waals surface area (Å²) in [6.07, 6.45) is 3.17. The second kappa shape index (κ2) is 4.93. The number of nitrogens with zero attached hydrogens (tertiary/aromatic N) is 2. The van der Waals surface area contributed by atoms with Gasteiger partial charge in [-0.1, -0.05) is 12.1 Å². The maximum absolute atomic E-state index is 5.84. The molecule has 0 radical (unpaired) electrons. The van der Waals surface area contributed by atoms with Crippen LogP contribution >= 0.6 is 0 Å². The van der Waals surface area contributed by atoms with E-state index < -0.39 is 0 Å². The smallest absolute Gasteiger partial charge is 0.243 e. The highest BCUT2D eigenvalue weighted by atomic mass is 16.5. The fourth-order valence-corrected chi connectivity index (χ4v) is 1.69. The summed E-state index contributed by atoms with van der Waals surface area (Å²) < 4.78 is 10.8. The number of hydrogen-bond donors (Lipinski definition) is 1. The lowest BCUT2D eigenvalue weighted by Crippen LogP contribution is -2.11. The summed E-state index contributed by atoms with van der Waals surface area (Å²) in [6.45, 7) is 4.65. The zero-order valence-corrected chi connectivity index (χ0v) is 9.85. The molecule has 90 valence electrons. The van der Waals surface area contributed by atoms with Crippen molar-refractivity contribution in [3.8, 4) is 0 Å². The number of aromatic nitrogens is 2. The molecule has 2 rings (SSSR count). The monoisotopic (exact) mass is 225 g/mol. The Morgan fingerprint density at radius 1 is 1.50 bits per heavy atom. The summed E-state index contributed by atoms with van der Waals surface area (Å²) >= 11 is 0. The van der Waals surface area contributed by atoms with E-state index >= 15 is 0 Å². The molecule has 2 N–H and O–H groups in total. The Kier molecular flexibility index (Phi) is 3.56. The summed E-state index contributed by atoms with van der Waals surface area (Å²) in [6, 6.07) is -0.164. The highest BCUT2D eigenvalue weighted by Gasteiger charge is 2.36. The molecule has 16 heavy (non-hydrogen) atoms. The van der Waals surface area contributed by atoms with Crippen LogP contribution in [0, 0.1) is 5.92 Å². The number of nitrogens with two attached hydrogens (primary N) is 1. The van der Waals surface area contributed by atoms with Crippen LogP contribution in [0.15, 0.2) is 4.52 Å². The number of hydrogen-bond acceptors (Lipinski definition) is 5. The van der Waals surface area contributed by atoms with Crippen molar-refractivity contribution >= 4 is 0 Å². The first kappa shape index (κ1) is 11.5. The summed E-state index contributed by atoms with van der Waals surface area (Å²) in [5, 5.41) is 3.97. The molecule has 0 aromatic carbocycles. The lowest BCUT2D eigenvalue weighted by atomic mass is 10.2. The van der Waals surface area contributed by atoms with Crippen molar-refractivity contribution in [2.24, 2.45) is 11.7 Å². The van der Waals surface area contributed by atoms with Crippen LogP contribution in [-0.2, 0) is 4.74 Å². The molecule has 1 aliphatic carbocycles. The van der Waals surface area contributed by atoms with E-state index in [0.29, 0.717) is 24.2 Å². The highest BCUT2D eigenvalue weighted by Crippen LogP contribution is 2.42. The summed E-state index contributed by atoms with van der Waals surface area (Å²) in [4.78, 5) is 4.33. The fraction of sp³-hybridized carbons (Fsp3) is 0.818. The van der Waals surface area contributed by atoms with E-state index in [1.165, 1.54) is 12.8 Å². The van der Waals surface area contributed by atoms with E-state index in [9.17, 15) is 0 Å². The van der Waals surface area contributed by atoms with Crippen molar-refractivity contribution in [3.05, 3.63) is 11.7 Å². The topological polar surface area (TPSA) is 74.2 Å². The summed E-state index contributed by atoms with van der Waals surface area (Å²) in [5.41, 5.74) is 5.84. The molecule has 1 heterocycles. The van der Waals surface area contributed by atoms with Gasteiger partial charge in [-0.2, -0.15) is 4.98 Å². The Hall–Kier alpha value is -0.940. The second-order valence-electron chi connectivity index (χ2n) is 4.22. The molecule has 5 heteroatoms. The van der Waals surface area contributed by atoms with Gasteiger partial charge >= 0.3 is 0 Å². The van der Waals surface area contributed by atoms with Crippen molar-refractivity contribution in [1.29, 1.82) is 0 Å². The van der Waals surface area contributed by atoms with Gasteiger partial charge < -0.3 is 15.0 Å². The van der Waals surface area contributed by atoms with Crippen LogP contribution < -0.4 is 5.73 Å². The van der Waals surface area contributed by atoms with Gasteiger partial charge in [-0.15, -0.1) is 0 Å². The van der Waals surface area contributed by atoms with E-state index in [1.807, 2.05) is 13.8 Å². The third-order valence-electron chi connectivity index (χ3n) is 2.87. The maximum atomic E-state index is 5.84. The molecule has 0 aliphatic heterocycles. The minimum absolute atomic E-state index is 0.00782. The molecule has 1 aromatic heterocycles. The normalized spacial score (nSPS) is 19.7. The van der Waals surface area contributed by atoms with Crippen molar-refractivity contribution in [2.75, 3.05) is 6.61 Å². The van der Waals surface area contributed by atoms with Crippen LogP contribution in [0.5, 0.6) is 0 Å². The van der Waals surface area contributed by atoms with Gasteiger partial charge in [-0.3, -0.25) is 0 Å². The van der Waals surface area contributed by atoms with Crippen LogP contribution in [0.1, 0.15) is 57.0 Å². The van der Waals surface area contributed by atoms with Crippen molar-refractivity contribution in [3.63, 3.8) is 0 Å². The second-order valence-corrected chi connectivity index (χ2v) is 4.22. The van der Waals surface area contributed by atoms with Gasteiger partial charge in [0, 0.05) is 6.61 Å². The molecular weight excluding hydrogens is 206 g/mol. The molecule has 1 aliphatic rings. The first-order valence-electron chi connectivity index (χ1n) is 5.96. The van der Waals surface area contributed by atoms with Crippen LogP contribution in [-0.4, -0.2) is 16.7 Å². The van der Waals surface area contributed by atoms with Gasteiger partial charge in [0.25, 0.3) is 0 Å². The third-order valence-corrected chi connectivity index (χ3v) is 2.87. The molecule has 5 nitrogen and oxygen atoms in total. The predicted molar refractivity (Wildman–Crippen MR) is 58.6 cm³/mol. The predicted octanol–water partition coefficient (Wildman–Crippen LogP) is 1.97. The van der Waals surface area contributed by atoms with Gasteiger partial charge in [0.2, 0.25) is 11.7 Å². The first-order valence-corrected chi connectivity index (χ1v) is 5.96. The molecule has 0 spiro atoms. The van der Waals surface area contributed by atoms with Gasteiger partial charge in [-0.05, 0) is 32.1 Å². The molecule has 0 amide bonds. The number of ether oxygens (including phenoxy) is 1. The van der Waals surface area contributed by atoms with Crippen molar-refractivity contribution < 1.29 is 9.26 Å². The lowest BCUT2D eigenvalue weighted by molar-refractivity contribution is 0.0384. The average Bonchev–Trinajstić information content (AvgIpc) is 3.02. The Morgan fingerprint density at radius 2 is 2.25 bits per heavy atom. The molecule has 0 saturated heterocycles. The van der Waals surface area contributed by atoms with Crippen molar-refractivity contribution in [1.82, 2.24) is 10.1 Å². The largest absolute Gasteiger partial charge is 0.370 e. The first-order chi connectivity index (χ1) is 7.76. The van der Waals surface area contributed by atoms with Crippen LogP contribution in [0.2, 0.25) is 0 Å². The van der Waals surface area contributed by atoms with Crippen LogP contribution in [0.3, 0.4) is 0 Å². The number of rotatable bonds is 6. The minimum atomic E-state index is -0.164. The van der Waals surface area contributed by atoms with Crippen LogP contribution in [0.4, 0.5) is 0 Å². The van der Waals surface area contributed by atoms with E-state index in [2.05, 4.69) is 10.1 Å². The summed E-state index contributed by atoms with van der Waals surface area (Å²) in [5.74, 6) is 1.73. The van der Waals surface area contributed by atoms with Gasteiger partial charge in [-0.25, -0.2) is 0 Å². The Labute approximate surface area is 95.3 Å². The zero-order chi connectivity index (χ0) is 11.5. The highest BCUT2D eigenvalue weighted by molar-refractivity contribution is 5.00. The SMILES string of the molecule is CCOC(c1noc([C@@H](N)CC)n1)C1CC1. The average molecular weight is 225 g/mol. The maximum Gasteiger partial charge on any atom is 0.243 e. The lowest BCUT2D eigenvalue weighted by Gasteiger charge is -2.11. The Morgan fingerprint density at radius 3 is 2.81 bits per heavy atom. The quantitative estimate of drug-likeness (QED) is 0.801. The van der Waals surface area contributed by atoms with E-state index in [4.69, 9.17) is 15.0 Å². The molecule has 1 aromatic rings. The molecule has 2 atom stereocenters. The van der Waals surface area contributed by atoms with E-state index in [-0.39, 0.29) is 12.1 Å². The Bertz CT molecular complexity index is 336. The Balaban J connectivity index is 2.09. The van der Waals surface area contributed by atoms with Gasteiger partial charge in [0.15, 0.2) is 0 Å². The van der Waals surface area contributed by atoms with Crippen LogP contribution in [0.25, 0.3) is 0 Å². The summed E-state index contributed by atoms with van der Waals surface area (Å²) in [7, 11) is 0. The third kappa shape index (κ3) is 2.41. The molecular formula is C11H19N3O2. The van der Waals surface area contributed by atoms with Crippen molar-refractivity contribution in [2.45, 2.75) is 45.3 Å². The van der Waals surface area contributed by atoms with E-state index in [1.54, 1.807) is 0 Å². The molecule has 1 unspecified atom stereocenters. The molecule has 1 fully saturated rings. The zero-order valence-electron chi connectivity index (χ0n) is 9.85. The van der Waals surface area contributed by atoms with Gasteiger partial charge in [0.05, 0.1) is 6.04 Å².